The molecule has 1 aliphatic carbocycles. The Kier molecular flexibility index (Phi) is 35.4. The number of carbonyl (C=O) groups is 1. The van der Waals surface area contributed by atoms with Gasteiger partial charge >= 0.3 is 13.8 Å². The normalized spacial score (nSPS) is 22.6. The van der Waals surface area contributed by atoms with E-state index in [0.717, 1.165) is 70.6 Å². The lowest BCUT2D eigenvalue weighted by Crippen LogP contribution is -2.64. The van der Waals surface area contributed by atoms with Crippen molar-refractivity contribution in [3.05, 3.63) is 24.3 Å². The molecule has 0 aliphatic heterocycles. The summed E-state index contributed by atoms with van der Waals surface area (Å²) in [7, 11) is -5.02. The molecule has 1 aliphatic rings. The number of carbonyl (C=O) groups excluding carboxylic acids is 1. The molecule has 0 aromatic carbocycles. The molecule has 6 N–H and O–H groups in total. The van der Waals surface area contributed by atoms with E-state index in [1.54, 1.807) is 0 Å². The Morgan fingerprint density at radius 2 is 0.983 bits per heavy atom. The van der Waals surface area contributed by atoms with Crippen LogP contribution < -0.4 is 0 Å². The van der Waals surface area contributed by atoms with Gasteiger partial charge in [0, 0.05) is 13.0 Å². The molecule has 0 radical (unpaired) electrons. The van der Waals surface area contributed by atoms with E-state index in [0.29, 0.717) is 13.0 Å². The first kappa shape index (κ1) is 55.8. The molecular weight excluding hydrogens is 775 g/mol. The number of esters is 1. The van der Waals surface area contributed by atoms with Crippen molar-refractivity contribution in [1.82, 2.24) is 0 Å². The number of aliphatic hydroxyl groups is 5. The summed E-state index contributed by atoms with van der Waals surface area (Å²) in [4.78, 5) is 23.1. The number of phosphoric acid groups is 1. The fraction of sp³-hybridized carbons (Fsp3) is 0.891. The third-order valence-corrected chi connectivity index (χ3v) is 12.0. The molecule has 0 aromatic heterocycles. The summed E-state index contributed by atoms with van der Waals surface area (Å²) in [5, 5.41) is 50.2. The molecule has 0 aromatic rings. The number of aliphatic hydroxyl groups excluding tert-OH is 5. The minimum Gasteiger partial charge on any atom is -0.457 e. The Morgan fingerprint density at radius 3 is 1.49 bits per heavy atom. The van der Waals surface area contributed by atoms with Gasteiger partial charge in [-0.05, 0) is 38.5 Å². The Hall–Kier alpha value is -1.18. The molecule has 0 bridgehead atoms. The van der Waals surface area contributed by atoms with E-state index < -0.39 is 63.1 Å². The van der Waals surface area contributed by atoms with Crippen molar-refractivity contribution in [2.24, 2.45) is 0 Å². The third kappa shape index (κ3) is 29.7. The van der Waals surface area contributed by atoms with Gasteiger partial charge in [0.15, 0.2) is 0 Å². The monoisotopic (exact) mass is 863 g/mol. The molecule has 6 atom stereocenters. The molecule has 0 saturated heterocycles. The topological polar surface area (TPSA) is 192 Å². The Morgan fingerprint density at radius 1 is 0.542 bits per heavy atom. The van der Waals surface area contributed by atoms with Crippen LogP contribution in [0, 0.1) is 0 Å². The largest absolute Gasteiger partial charge is 0.472 e. The van der Waals surface area contributed by atoms with Gasteiger partial charge in [0.1, 0.15) is 42.7 Å². The zero-order valence-electron chi connectivity index (χ0n) is 37.1. The molecule has 348 valence electrons. The van der Waals surface area contributed by atoms with Gasteiger partial charge in [-0.3, -0.25) is 13.8 Å². The molecule has 1 rings (SSSR count). The minimum absolute atomic E-state index is 0.0784. The number of hydrogen-bond acceptors (Lipinski definition) is 11. The number of phosphoric ester groups is 1. The molecule has 0 spiro atoms. The van der Waals surface area contributed by atoms with Gasteiger partial charge in [-0.2, -0.15) is 0 Å². The first-order valence-corrected chi connectivity index (χ1v) is 25.2. The average Bonchev–Trinajstić information content (AvgIpc) is 3.22. The Balaban J connectivity index is 2.36. The fourth-order valence-corrected chi connectivity index (χ4v) is 8.25. The minimum atomic E-state index is -5.02. The van der Waals surface area contributed by atoms with Gasteiger partial charge < -0.3 is 39.9 Å². The second kappa shape index (κ2) is 37.4. The highest BCUT2D eigenvalue weighted by Gasteiger charge is 2.51. The molecule has 1 saturated carbocycles. The van der Waals surface area contributed by atoms with Crippen molar-refractivity contribution in [2.75, 3.05) is 19.8 Å². The van der Waals surface area contributed by atoms with E-state index in [9.17, 15) is 39.8 Å². The fourth-order valence-electron chi connectivity index (χ4n) is 7.28. The first-order valence-electron chi connectivity index (χ1n) is 23.7. The summed E-state index contributed by atoms with van der Waals surface area (Å²) in [6.07, 6.45) is 29.7. The third-order valence-electron chi connectivity index (χ3n) is 11.1. The number of ether oxygens (including phenoxy) is 2. The summed E-state index contributed by atoms with van der Waals surface area (Å²) in [5.74, 6) is -0.489. The summed E-state index contributed by atoms with van der Waals surface area (Å²) >= 11 is 0. The highest BCUT2D eigenvalue weighted by molar-refractivity contribution is 7.47. The van der Waals surface area contributed by atoms with E-state index in [2.05, 4.69) is 38.2 Å². The number of allylic oxidation sites excluding steroid dienone is 4. The van der Waals surface area contributed by atoms with Crippen LogP contribution in [0.3, 0.4) is 0 Å². The van der Waals surface area contributed by atoms with E-state index in [1.807, 2.05) is 0 Å². The predicted molar refractivity (Wildman–Crippen MR) is 235 cm³/mol. The molecule has 13 heteroatoms. The van der Waals surface area contributed by atoms with Crippen molar-refractivity contribution < 1.29 is 58.3 Å². The predicted octanol–water partition coefficient (Wildman–Crippen LogP) is 9.70. The SMILES string of the molecule is CCC/C=C\C/C=C\CCCCCCCC(=O)OC(COCCCCCCCCCCCCCCCCCCCCC)COP(=O)(O)OC1C(O)C(O)C(O)C(O)C1O. The average molecular weight is 863 g/mol. The Bertz CT molecular complexity index is 1070. The first-order chi connectivity index (χ1) is 28.5. The zero-order chi connectivity index (χ0) is 43.4. The number of rotatable bonds is 40. The molecule has 59 heavy (non-hydrogen) atoms. The highest BCUT2D eigenvalue weighted by atomic mass is 31.2. The van der Waals surface area contributed by atoms with Crippen LogP contribution in [0.4, 0.5) is 0 Å². The number of hydrogen-bond donors (Lipinski definition) is 6. The van der Waals surface area contributed by atoms with Gasteiger partial charge in [0.05, 0.1) is 13.2 Å². The summed E-state index contributed by atoms with van der Waals surface area (Å²) < 4.78 is 34.2. The van der Waals surface area contributed by atoms with Crippen LogP contribution in [-0.4, -0.2) is 98.9 Å². The maximum absolute atomic E-state index is 12.8. The van der Waals surface area contributed by atoms with Crippen LogP contribution in [0.25, 0.3) is 0 Å². The van der Waals surface area contributed by atoms with Crippen molar-refractivity contribution in [2.45, 2.75) is 243 Å². The summed E-state index contributed by atoms with van der Waals surface area (Å²) in [6, 6.07) is 0. The van der Waals surface area contributed by atoms with Gasteiger partial charge in [0.2, 0.25) is 0 Å². The molecular formula is C46H87O12P. The van der Waals surface area contributed by atoms with Gasteiger partial charge in [-0.15, -0.1) is 0 Å². The van der Waals surface area contributed by atoms with Crippen LogP contribution >= 0.6 is 7.82 Å². The van der Waals surface area contributed by atoms with E-state index in [1.165, 1.54) is 103 Å². The number of unbranched alkanes of at least 4 members (excludes halogenated alkanes) is 24. The van der Waals surface area contributed by atoms with Crippen LogP contribution in [0.15, 0.2) is 24.3 Å². The van der Waals surface area contributed by atoms with Crippen LogP contribution in [0.5, 0.6) is 0 Å². The van der Waals surface area contributed by atoms with Gasteiger partial charge in [-0.1, -0.05) is 179 Å². The lowest BCUT2D eigenvalue weighted by molar-refractivity contribution is -0.220. The lowest BCUT2D eigenvalue weighted by atomic mass is 9.85. The molecule has 1 fully saturated rings. The van der Waals surface area contributed by atoms with Crippen LogP contribution in [0.2, 0.25) is 0 Å². The Labute approximate surface area is 358 Å². The second-order valence-electron chi connectivity index (χ2n) is 16.6. The molecule has 0 heterocycles. The van der Waals surface area contributed by atoms with Crippen LogP contribution in [-0.2, 0) is 27.9 Å². The molecule has 0 amide bonds. The molecule has 12 nitrogen and oxygen atoms in total. The summed E-state index contributed by atoms with van der Waals surface area (Å²) in [6.45, 7) is 4.20. The van der Waals surface area contributed by atoms with E-state index in [4.69, 9.17) is 18.5 Å². The van der Waals surface area contributed by atoms with Crippen molar-refractivity contribution in [1.29, 1.82) is 0 Å². The lowest BCUT2D eigenvalue weighted by Gasteiger charge is -2.41. The molecule has 6 unspecified atom stereocenters. The van der Waals surface area contributed by atoms with Gasteiger partial charge in [0.25, 0.3) is 0 Å². The second-order valence-corrected chi connectivity index (χ2v) is 18.0. The summed E-state index contributed by atoms with van der Waals surface area (Å²) in [5.41, 5.74) is 0. The maximum atomic E-state index is 12.8. The smallest absolute Gasteiger partial charge is 0.457 e. The quantitative estimate of drug-likeness (QED) is 0.0148. The van der Waals surface area contributed by atoms with Crippen molar-refractivity contribution in [3.63, 3.8) is 0 Å². The van der Waals surface area contributed by atoms with E-state index >= 15 is 0 Å². The standard InChI is InChI=1S/C46H87O12P/c1-3-5-7-9-11-13-15-17-18-19-20-21-22-24-26-28-30-32-34-36-55-37-39(38-56-59(53,54)58-46-44(51)42(49)41(48)43(50)45(46)52)57-40(47)35-33-31-29-27-25-23-16-14-12-10-8-6-4-2/h8,10,14,16,39,41-46,48-52H,3-7,9,11-13,15,17-38H2,1-2H3,(H,53,54)/b10-8-,16-14-. The van der Waals surface area contributed by atoms with Crippen molar-refractivity contribution in [3.8, 4) is 0 Å². The van der Waals surface area contributed by atoms with E-state index in [-0.39, 0.29) is 13.0 Å². The maximum Gasteiger partial charge on any atom is 0.472 e. The van der Waals surface area contributed by atoms with Crippen molar-refractivity contribution >= 4 is 13.8 Å². The highest BCUT2D eigenvalue weighted by Crippen LogP contribution is 2.47. The zero-order valence-corrected chi connectivity index (χ0v) is 38.0. The van der Waals surface area contributed by atoms with Gasteiger partial charge in [-0.25, -0.2) is 4.57 Å². The van der Waals surface area contributed by atoms with Crippen LogP contribution in [0.1, 0.15) is 200 Å².